The summed E-state index contributed by atoms with van der Waals surface area (Å²) in [5, 5.41) is 18.0. The molecule has 0 aliphatic heterocycles. The Morgan fingerprint density at radius 1 is 1.29 bits per heavy atom. The smallest absolute Gasteiger partial charge is 0.252 e. The third-order valence-electron chi connectivity index (χ3n) is 3.59. The van der Waals surface area contributed by atoms with E-state index in [9.17, 15) is 4.79 Å². The summed E-state index contributed by atoms with van der Waals surface area (Å²) in [7, 11) is 0. The van der Waals surface area contributed by atoms with Gasteiger partial charge in [0, 0.05) is 16.8 Å². The summed E-state index contributed by atoms with van der Waals surface area (Å²) in [6.07, 6.45) is 5.13. The molecule has 0 radical (unpaired) electrons. The Kier molecular flexibility index (Phi) is 7.36. The highest BCUT2D eigenvalue weighted by atomic mass is 35.5. The van der Waals surface area contributed by atoms with Gasteiger partial charge >= 0.3 is 0 Å². The van der Waals surface area contributed by atoms with Crippen molar-refractivity contribution in [3.05, 3.63) is 59.4 Å². The fourth-order valence-electron chi connectivity index (χ4n) is 2.42. The summed E-state index contributed by atoms with van der Waals surface area (Å²) in [4.78, 5) is 21.1. The molecule has 1 amide bonds. The molecule has 1 atom stereocenters. The molecule has 8 heteroatoms. The van der Waals surface area contributed by atoms with Gasteiger partial charge in [0.1, 0.15) is 6.17 Å². The van der Waals surface area contributed by atoms with Crippen LogP contribution in [0.15, 0.2) is 53.8 Å². The zero-order valence-electron chi connectivity index (χ0n) is 16.0. The second-order valence-corrected chi connectivity index (χ2v) is 7.78. The first-order valence-electron chi connectivity index (χ1n) is 8.73. The number of benzene rings is 1. The van der Waals surface area contributed by atoms with Crippen LogP contribution in [0.5, 0.6) is 0 Å². The number of hydrogen-bond donors (Lipinski definition) is 3. The van der Waals surface area contributed by atoms with Crippen molar-refractivity contribution >= 4 is 29.2 Å². The van der Waals surface area contributed by atoms with E-state index in [1.807, 2.05) is 6.19 Å². The van der Waals surface area contributed by atoms with Gasteiger partial charge in [-0.15, -0.1) is 0 Å². The van der Waals surface area contributed by atoms with Gasteiger partial charge in [-0.1, -0.05) is 32.4 Å². The zero-order chi connectivity index (χ0) is 20.6. The van der Waals surface area contributed by atoms with Gasteiger partial charge in [0.05, 0.1) is 11.9 Å². The Morgan fingerprint density at radius 3 is 2.57 bits per heavy atom. The number of nitrogens with one attached hydrogen (secondary N) is 3. The minimum atomic E-state index is -0.553. The van der Waals surface area contributed by atoms with Gasteiger partial charge in [-0.2, -0.15) is 5.26 Å². The van der Waals surface area contributed by atoms with Crippen LogP contribution in [0, 0.1) is 16.9 Å². The molecule has 1 aromatic carbocycles. The number of rotatable bonds is 5. The molecule has 146 valence electrons. The van der Waals surface area contributed by atoms with Gasteiger partial charge in [-0.3, -0.25) is 15.1 Å². The summed E-state index contributed by atoms with van der Waals surface area (Å²) in [5.41, 5.74) is 1.05. The van der Waals surface area contributed by atoms with E-state index in [4.69, 9.17) is 16.9 Å². The largest absolute Gasteiger partial charge is 0.330 e. The normalized spacial score (nSPS) is 12.6. The van der Waals surface area contributed by atoms with Gasteiger partial charge in [0.2, 0.25) is 5.96 Å². The maximum Gasteiger partial charge on any atom is 0.252 e. The van der Waals surface area contributed by atoms with E-state index < -0.39 is 6.17 Å². The Bertz CT molecular complexity index is 853. The number of amides is 1. The minimum absolute atomic E-state index is 0.104. The van der Waals surface area contributed by atoms with Crippen molar-refractivity contribution in [2.45, 2.75) is 33.4 Å². The molecule has 3 N–H and O–H groups in total. The van der Waals surface area contributed by atoms with E-state index in [0.717, 1.165) is 0 Å². The number of nitrogens with zero attached hydrogens (tertiary/aromatic N) is 3. The fourth-order valence-corrected chi connectivity index (χ4v) is 2.55. The summed E-state index contributed by atoms with van der Waals surface area (Å²) in [6.45, 7) is 6.15. The Labute approximate surface area is 169 Å². The van der Waals surface area contributed by atoms with Crippen LogP contribution in [0.1, 0.15) is 37.6 Å². The number of aromatic nitrogens is 1. The molecule has 2 aromatic rings. The van der Waals surface area contributed by atoms with Crippen LogP contribution in [0.3, 0.4) is 0 Å². The van der Waals surface area contributed by atoms with Crippen molar-refractivity contribution in [1.82, 2.24) is 15.6 Å². The Balaban J connectivity index is 2.23. The maximum absolute atomic E-state index is 12.6. The third kappa shape index (κ3) is 7.25. The van der Waals surface area contributed by atoms with Gasteiger partial charge in [-0.05, 0) is 48.2 Å². The number of aliphatic imine (C=N–C) groups is 1. The van der Waals surface area contributed by atoms with E-state index >= 15 is 0 Å². The molecule has 0 saturated carbocycles. The Morgan fingerprint density at radius 2 is 2.00 bits per heavy atom. The molecule has 2 rings (SSSR count). The molecule has 0 saturated heterocycles. The number of hydrogen-bond acceptors (Lipinski definition) is 4. The van der Waals surface area contributed by atoms with Crippen LogP contribution in [-0.2, 0) is 0 Å². The standard InChI is InChI=1S/C20H23ClN6O/c1-20(2,3)11-17(26-18(28)14-6-8-15(21)9-7-14)27-19(24-13-22)25-16-5-4-10-23-12-16/h4-10,12,17H,11H2,1-3H3,(H,26,28)(H2,24,25,27). The predicted molar refractivity (Wildman–Crippen MR) is 111 cm³/mol. The van der Waals surface area contributed by atoms with Crippen LogP contribution < -0.4 is 16.0 Å². The number of carbonyl (C=O) groups excluding carboxylic acids is 1. The monoisotopic (exact) mass is 398 g/mol. The number of guanidine groups is 1. The van der Waals surface area contributed by atoms with Crippen molar-refractivity contribution in [3.63, 3.8) is 0 Å². The summed E-state index contributed by atoms with van der Waals surface area (Å²) < 4.78 is 0. The highest BCUT2D eigenvalue weighted by Crippen LogP contribution is 2.22. The van der Waals surface area contributed by atoms with Gasteiger partial charge < -0.3 is 10.6 Å². The number of carbonyl (C=O) groups is 1. The number of pyridine rings is 1. The number of halogens is 1. The minimum Gasteiger partial charge on any atom is -0.330 e. The average Bonchev–Trinajstić information content (AvgIpc) is 2.62. The molecule has 0 aliphatic carbocycles. The maximum atomic E-state index is 12.6. The van der Waals surface area contributed by atoms with E-state index in [2.05, 4.69) is 46.7 Å². The quantitative estimate of drug-likeness (QED) is 0.308. The Hall–Kier alpha value is -3.11. The molecule has 1 heterocycles. The van der Waals surface area contributed by atoms with E-state index in [0.29, 0.717) is 22.7 Å². The van der Waals surface area contributed by atoms with Crippen molar-refractivity contribution in [2.24, 2.45) is 10.4 Å². The molecule has 28 heavy (non-hydrogen) atoms. The van der Waals surface area contributed by atoms with Crippen molar-refractivity contribution < 1.29 is 4.79 Å². The number of anilines is 1. The second kappa shape index (κ2) is 9.72. The van der Waals surface area contributed by atoms with E-state index in [1.54, 1.807) is 48.8 Å². The van der Waals surface area contributed by atoms with Crippen molar-refractivity contribution in [3.8, 4) is 6.19 Å². The molecule has 1 aromatic heterocycles. The summed E-state index contributed by atoms with van der Waals surface area (Å²) in [6, 6.07) is 10.2. The van der Waals surface area contributed by atoms with Crippen LogP contribution in [0.4, 0.5) is 5.69 Å². The second-order valence-electron chi connectivity index (χ2n) is 7.34. The molecule has 7 nitrogen and oxygen atoms in total. The average molecular weight is 399 g/mol. The van der Waals surface area contributed by atoms with Crippen molar-refractivity contribution in [2.75, 3.05) is 5.32 Å². The molecule has 0 fully saturated rings. The van der Waals surface area contributed by atoms with Crippen LogP contribution in [0.25, 0.3) is 0 Å². The van der Waals surface area contributed by atoms with Crippen LogP contribution in [-0.4, -0.2) is 23.0 Å². The lowest BCUT2D eigenvalue weighted by Crippen LogP contribution is -2.39. The van der Waals surface area contributed by atoms with E-state index in [1.165, 1.54) is 0 Å². The molecular weight excluding hydrogens is 376 g/mol. The fraction of sp³-hybridized carbons (Fsp3) is 0.300. The van der Waals surface area contributed by atoms with Crippen LogP contribution >= 0.6 is 11.6 Å². The third-order valence-corrected chi connectivity index (χ3v) is 3.85. The lowest BCUT2D eigenvalue weighted by molar-refractivity contribution is 0.0929. The topological polar surface area (TPSA) is 102 Å². The lowest BCUT2D eigenvalue weighted by Gasteiger charge is -2.25. The highest BCUT2D eigenvalue weighted by Gasteiger charge is 2.21. The SMILES string of the molecule is CC(C)(C)CC(N=C(NC#N)Nc1cccnc1)NC(=O)c1ccc(Cl)cc1. The molecule has 1 unspecified atom stereocenters. The first-order chi connectivity index (χ1) is 13.3. The predicted octanol–water partition coefficient (Wildman–Crippen LogP) is 3.77. The van der Waals surface area contributed by atoms with Crippen LogP contribution in [0.2, 0.25) is 5.02 Å². The van der Waals surface area contributed by atoms with Gasteiger partial charge in [0.15, 0.2) is 6.19 Å². The zero-order valence-corrected chi connectivity index (χ0v) is 16.8. The molecule has 0 bridgehead atoms. The first-order valence-corrected chi connectivity index (χ1v) is 9.11. The molecular formula is C20H23ClN6O. The van der Waals surface area contributed by atoms with Gasteiger partial charge in [-0.25, -0.2) is 4.99 Å². The first kappa shape index (κ1) is 21.2. The lowest BCUT2D eigenvalue weighted by atomic mass is 9.90. The van der Waals surface area contributed by atoms with E-state index in [-0.39, 0.29) is 17.3 Å². The molecule has 0 spiro atoms. The number of nitriles is 1. The summed E-state index contributed by atoms with van der Waals surface area (Å²) >= 11 is 5.88. The highest BCUT2D eigenvalue weighted by molar-refractivity contribution is 6.30. The summed E-state index contributed by atoms with van der Waals surface area (Å²) in [5.74, 6) is -0.0477. The molecule has 0 aliphatic rings. The van der Waals surface area contributed by atoms with Crippen molar-refractivity contribution in [1.29, 1.82) is 5.26 Å². The van der Waals surface area contributed by atoms with Gasteiger partial charge in [0.25, 0.3) is 5.91 Å².